The molecule has 0 spiro atoms. The summed E-state index contributed by atoms with van der Waals surface area (Å²) in [6, 6.07) is 6.52. The highest BCUT2D eigenvalue weighted by Crippen LogP contribution is 2.22. The lowest BCUT2D eigenvalue weighted by molar-refractivity contribution is 0.506. The fraction of sp³-hybridized carbons (Fsp3) is 0.300. The summed E-state index contributed by atoms with van der Waals surface area (Å²) in [7, 11) is -2.04. The number of nitrogens with one attached hydrogen (secondary N) is 2. The predicted molar refractivity (Wildman–Crippen MR) is 66.6 cm³/mol. The predicted octanol–water partition coefficient (Wildman–Crippen LogP) is 1.18. The molecule has 7 heteroatoms. The first-order chi connectivity index (χ1) is 7.90. The zero-order valence-electron chi connectivity index (χ0n) is 9.14. The Labute approximate surface area is 105 Å². The third kappa shape index (κ3) is 2.37. The first kappa shape index (κ1) is 12.2. The summed E-state index contributed by atoms with van der Waals surface area (Å²) in [5.74, 6) is -0.177. The summed E-state index contributed by atoms with van der Waals surface area (Å²) in [6.07, 6.45) is 0. The van der Waals surface area contributed by atoms with Crippen LogP contribution in [0.1, 0.15) is 11.6 Å². The quantitative estimate of drug-likeness (QED) is 0.807. The van der Waals surface area contributed by atoms with Crippen molar-refractivity contribution in [2.24, 2.45) is 0 Å². The van der Waals surface area contributed by atoms with Crippen molar-refractivity contribution < 1.29 is 8.42 Å². The summed E-state index contributed by atoms with van der Waals surface area (Å²) < 4.78 is 24.5. The van der Waals surface area contributed by atoms with Gasteiger partial charge in [0.15, 0.2) is 0 Å². The molecular weight excluding hydrogens is 262 g/mol. The summed E-state index contributed by atoms with van der Waals surface area (Å²) >= 11 is 5.77. The molecule has 0 bridgehead atoms. The molecule has 92 valence electrons. The first-order valence-electron chi connectivity index (χ1n) is 4.97. The largest absolute Gasteiger partial charge is 0.348 e. The molecule has 1 unspecified atom stereocenters. The number of nitrogens with zero attached hydrogens (tertiary/aromatic N) is 1. The molecule has 1 atom stereocenters. The van der Waals surface area contributed by atoms with E-state index in [9.17, 15) is 8.42 Å². The van der Waals surface area contributed by atoms with Crippen molar-refractivity contribution in [1.82, 2.24) is 9.62 Å². The molecule has 0 aliphatic carbocycles. The van der Waals surface area contributed by atoms with Crippen LogP contribution < -0.4 is 5.32 Å². The molecule has 1 aromatic rings. The number of benzene rings is 1. The maximum Gasteiger partial charge on any atom is 0.239 e. The van der Waals surface area contributed by atoms with E-state index in [1.165, 1.54) is 7.05 Å². The number of rotatable bonds is 1. The number of halogens is 1. The van der Waals surface area contributed by atoms with Gasteiger partial charge in [0.05, 0.1) is 11.8 Å². The van der Waals surface area contributed by atoms with Gasteiger partial charge in [-0.05, 0) is 17.7 Å². The lowest BCUT2D eigenvalue weighted by Gasteiger charge is -2.32. The highest BCUT2D eigenvalue weighted by Gasteiger charge is 2.32. The zero-order chi connectivity index (χ0) is 12.6. The van der Waals surface area contributed by atoms with Crippen LogP contribution in [0, 0.1) is 5.41 Å². The van der Waals surface area contributed by atoms with Crippen LogP contribution in [0.15, 0.2) is 24.3 Å². The average molecular weight is 274 g/mol. The van der Waals surface area contributed by atoms with Gasteiger partial charge >= 0.3 is 0 Å². The van der Waals surface area contributed by atoms with Crippen molar-refractivity contribution in [2.75, 3.05) is 12.8 Å². The van der Waals surface area contributed by atoms with Crippen LogP contribution in [0.2, 0.25) is 5.02 Å². The van der Waals surface area contributed by atoms with E-state index in [2.05, 4.69) is 5.32 Å². The molecule has 1 fully saturated rings. The van der Waals surface area contributed by atoms with E-state index in [1.54, 1.807) is 24.3 Å². The highest BCUT2D eigenvalue weighted by atomic mass is 35.5. The van der Waals surface area contributed by atoms with Crippen molar-refractivity contribution in [2.45, 2.75) is 6.04 Å². The molecule has 2 N–H and O–H groups in total. The standard InChI is InChI=1S/C10H12ClN3O2S/c1-14-10(12)13-9(6-17(14,15)16)7-2-4-8(11)5-3-7/h2-5,9H,6H2,1H3,(H2,12,13). The average Bonchev–Trinajstić information content (AvgIpc) is 2.26. The van der Waals surface area contributed by atoms with E-state index < -0.39 is 16.1 Å². The minimum Gasteiger partial charge on any atom is -0.348 e. The van der Waals surface area contributed by atoms with Crippen molar-refractivity contribution in [3.8, 4) is 0 Å². The van der Waals surface area contributed by atoms with Gasteiger partial charge in [-0.25, -0.2) is 12.7 Å². The second-order valence-electron chi connectivity index (χ2n) is 3.84. The molecule has 0 radical (unpaired) electrons. The molecule has 0 saturated carbocycles. The van der Waals surface area contributed by atoms with E-state index in [0.717, 1.165) is 9.87 Å². The van der Waals surface area contributed by atoms with Crippen LogP contribution in [0.4, 0.5) is 0 Å². The molecule has 1 aliphatic heterocycles. The van der Waals surface area contributed by atoms with E-state index in [4.69, 9.17) is 17.0 Å². The molecule has 17 heavy (non-hydrogen) atoms. The molecule has 1 saturated heterocycles. The normalized spacial score (nSPS) is 23.3. The van der Waals surface area contributed by atoms with Gasteiger partial charge in [0.1, 0.15) is 0 Å². The van der Waals surface area contributed by atoms with Gasteiger partial charge in [0.25, 0.3) is 0 Å². The topological polar surface area (TPSA) is 73.3 Å². The summed E-state index contributed by atoms with van der Waals surface area (Å²) in [4.78, 5) is 0. The Bertz CT molecular complexity index is 541. The molecule has 2 rings (SSSR count). The highest BCUT2D eigenvalue weighted by molar-refractivity contribution is 7.89. The van der Waals surface area contributed by atoms with Gasteiger partial charge in [-0.15, -0.1) is 0 Å². The van der Waals surface area contributed by atoms with Gasteiger partial charge in [-0.2, -0.15) is 0 Å². The molecule has 0 aromatic heterocycles. The van der Waals surface area contributed by atoms with Crippen LogP contribution in [0.25, 0.3) is 0 Å². The lowest BCUT2D eigenvalue weighted by atomic mass is 10.1. The SMILES string of the molecule is CN1C(=N)NC(c2ccc(Cl)cc2)CS1(=O)=O. The minimum atomic E-state index is -3.40. The Balaban J connectivity index is 2.30. The monoisotopic (exact) mass is 273 g/mol. The van der Waals surface area contributed by atoms with Crippen LogP contribution in [-0.4, -0.2) is 31.5 Å². The molecule has 1 aromatic carbocycles. The van der Waals surface area contributed by atoms with E-state index in [-0.39, 0.29) is 11.7 Å². The van der Waals surface area contributed by atoms with Gasteiger partial charge in [-0.1, -0.05) is 23.7 Å². The van der Waals surface area contributed by atoms with Gasteiger partial charge < -0.3 is 5.32 Å². The summed E-state index contributed by atoms with van der Waals surface area (Å²) in [5.41, 5.74) is 0.802. The molecule has 0 amide bonds. The number of guanidine groups is 1. The zero-order valence-corrected chi connectivity index (χ0v) is 10.7. The van der Waals surface area contributed by atoms with E-state index >= 15 is 0 Å². The van der Waals surface area contributed by atoms with Gasteiger partial charge in [0, 0.05) is 12.1 Å². The molecule has 1 heterocycles. The summed E-state index contributed by atoms with van der Waals surface area (Å²) in [5, 5.41) is 11.0. The number of sulfonamides is 1. The van der Waals surface area contributed by atoms with Crippen molar-refractivity contribution >= 4 is 27.6 Å². The Hall–Kier alpha value is -1.27. The fourth-order valence-corrected chi connectivity index (χ4v) is 3.01. The lowest BCUT2D eigenvalue weighted by Crippen LogP contribution is -2.51. The second kappa shape index (κ2) is 4.19. The molecule has 5 nitrogen and oxygen atoms in total. The van der Waals surface area contributed by atoms with Crippen molar-refractivity contribution in [3.63, 3.8) is 0 Å². The Morgan fingerprint density at radius 1 is 1.41 bits per heavy atom. The van der Waals surface area contributed by atoms with Crippen LogP contribution in [0.5, 0.6) is 0 Å². The third-order valence-corrected chi connectivity index (χ3v) is 4.72. The minimum absolute atomic E-state index is 0.0620. The number of hydrogen-bond donors (Lipinski definition) is 2. The van der Waals surface area contributed by atoms with E-state index in [1.807, 2.05) is 0 Å². The maximum atomic E-state index is 11.8. The smallest absolute Gasteiger partial charge is 0.239 e. The second-order valence-corrected chi connectivity index (χ2v) is 6.32. The Morgan fingerprint density at radius 3 is 2.53 bits per heavy atom. The third-order valence-electron chi connectivity index (χ3n) is 2.69. The van der Waals surface area contributed by atoms with Crippen LogP contribution >= 0.6 is 11.6 Å². The van der Waals surface area contributed by atoms with Crippen LogP contribution in [-0.2, 0) is 10.0 Å². The van der Waals surface area contributed by atoms with Crippen LogP contribution in [0.3, 0.4) is 0 Å². The van der Waals surface area contributed by atoms with E-state index in [0.29, 0.717) is 5.02 Å². The first-order valence-corrected chi connectivity index (χ1v) is 6.96. The maximum absolute atomic E-state index is 11.8. The van der Waals surface area contributed by atoms with Gasteiger partial charge in [-0.3, -0.25) is 5.41 Å². The molecule has 1 aliphatic rings. The number of hydrogen-bond acceptors (Lipinski definition) is 3. The summed E-state index contributed by atoms with van der Waals surface area (Å²) in [6.45, 7) is 0. The molecular formula is C10H12ClN3O2S. The van der Waals surface area contributed by atoms with Crippen molar-refractivity contribution in [1.29, 1.82) is 5.41 Å². The Kier molecular flexibility index (Phi) is 3.01. The Morgan fingerprint density at radius 2 is 2.00 bits per heavy atom. The van der Waals surface area contributed by atoms with Gasteiger partial charge in [0.2, 0.25) is 16.0 Å². The fourth-order valence-electron chi connectivity index (χ4n) is 1.63. The van der Waals surface area contributed by atoms with Crippen molar-refractivity contribution in [3.05, 3.63) is 34.9 Å².